The summed E-state index contributed by atoms with van der Waals surface area (Å²) in [5.74, 6) is 0.746. The van der Waals surface area contributed by atoms with E-state index in [4.69, 9.17) is 0 Å². The van der Waals surface area contributed by atoms with E-state index in [9.17, 15) is 4.79 Å². The van der Waals surface area contributed by atoms with Gasteiger partial charge in [-0.2, -0.15) is 5.10 Å². The van der Waals surface area contributed by atoms with Crippen LogP contribution in [-0.2, 0) is 6.54 Å². The molecule has 128 valence electrons. The number of carbonyl (C=O) groups excluding carboxylic acids is 1. The van der Waals surface area contributed by atoms with Crippen molar-refractivity contribution in [3.05, 3.63) is 51.3 Å². The minimum Gasteiger partial charge on any atom is -0.338 e. The van der Waals surface area contributed by atoms with Gasteiger partial charge in [0.05, 0.1) is 22.4 Å². The van der Waals surface area contributed by atoms with Gasteiger partial charge in [-0.15, -0.1) is 0 Å². The number of aryl methyl sites for hydroxylation is 1. The smallest absolute Gasteiger partial charge is 0.253 e. The number of aromatic nitrogens is 2. The van der Waals surface area contributed by atoms with Crippen LogP contribution in [0.1, 0.15) is 47.1 Å². The quantitative estimate of drug-likeness (QED) is 0.789. The van der Waals surface area contributed by atoms with Gasteiger partial charge in [0.15, 0.2) is 0 Å². The molecule has 3 rings (SSSR count). The molecule has 0 bridgehead atoms. The summed E-state index contributed by atoms with van der Waals surface area (Å²) in [6.07, 6.45) is 2.32. The minimum atomic E-state index is 0.151. The molecule has 1 aliphatic heterocycles. The number of piperidine rings is 1. The maximum atomic E-state index is 12.8. The molecule has 1 atom stereocenters. The first-order valence-electron chi connectivity index (χ1n) is 8.53. The van der Waals surface area contributed by atoms with Crippen LogP contribution in [0.15, 0.2) is 28.7 Å². The number of nitrogens with zero attached hydrogens (tertiary/aromatic N) is 3. The summed E-state index contributed by atoms with van der Waals surface area (Å²) in [4.78, 5) is 14.8. The van der Waals surface area contributed by atoms with Gasteiger partial charge in [0.2, 0.25) is 0 Å². The fourth-order valence-corrected chi connectivity index (χ4v) is 3.65. The van der Waals surface area contributed by atoms with E-state index in [1.165, 1.54) is 6.42 Å². The van der Waals surface area contributed by atoms with E-state index in [-0.39, 0.29) is 5.91 Å². The van der Waals surface area contributed by atoms with Gasteiger partial charge < -0.3 is 4.90 Å². The molecular weight excluding hydrogens is 366 g/mol. The highest BCUT2D eigenvalue weighted by molar-refractivity contribution is 9.10. The van der Waals surface area contributed by atoms with E-state index in [1.54, 1.807) is 0 Å². The number of likely N-dealkylation sites (tertiary alicyclic amines) is 1. The van der Waals surface area contributed by atoms with Gasteiger partial charge in [-0.25, -0.2) is 0 Å². The molecule has 4 nitrogen and oxygen atoms in total. The Hall–Kier alpha value is -1.62. The summed E-state index contributed by atoms with van der Waals surface area (Å²) in [7, 11) is 0. The molecular formula is C19H24BrN3O. The van der Waals surface area contributed by atoms with Gasteiger partial charge in [-0.3, -0.25) is 9.48 Å². The molecule has 1 saturated heterocycles. The van der Waals surface area contributed by atoms with E-state index in [0.717, 1.165) is 46.5 Å². The molecule has 1 aliphatic rings. The zero-order valence-electron chi connectivity index (χ0n) is 14.6. The summed E-state index contributed by atoms with van der Waals surface area (Å²) in [6.45, 7) is 8.68. The van der Waals surface area contributed by atoms with Crippen molar-refractivity contribution in [1.29, 1.82) is 0 Å². The Morgan fingerprint density at radius 3 is 2.83 bits per heavy atom. The van der Waals surface area contributed by atoms with Crippen LogP contribution in [0.2, 0.25) is 0 Å². The van der Waals surface area contributed by atoms with Crippen molar-refractivity contribution >= 4 is 21.8 Å². The lowest BCUT2D eigenvalue weighted by Crippen LogP contribution is -2.39. The number of hydrogen-bond donors (Lipinski definition) is 0. The average Bonchev–Trinajstić information content (AvgIpc) is 2.81. The van der Waals surface area contributed by atoms with E-state index in [1.807, 2.05) is 41.6 Å². The van der Waals surface area contributed by atoms with Crippen molar-refractivity contribution in [2.75, 3.05) is 13.1 Å². The third-order valence-corrected chi connectivity index (χ3v) is 5.89. The van der Waals surface area contributed by atoms with E-state index in [0.29, 0.717) is 12.5 Å². The van der Waals surface area contributed by atoms with Crippen LogP contribution in [0, 0.1) is 19.8 Å². The van der Waals surface area contributed by atoms with Gasteiger partial charge in [0, 0.05) is 18.7 Å². The second-order valence-corrected chi connectivity index (χ2v) is 7.63. The molecule has 1 aromatic heterocycles. The predicted molar refractivity (Wildman–Crippen MR) is 99.2 cm³/mol. The van der Waals surface area contributed by atoms with Crippen molar-refractivity contribution < 1.29 is 4.79 Å². The lowest BCUT2D eigenvalue weighted by molar-refractivity contribution is 0.0683. The first-order valence-corrected chi connectivity index (χ1v) is 9.32. The Morgan fingerprint density at radius 2 is 2.17 bits per heavy atom. The fourth-order valence-electron chi connectivity index (χ4n) is 3.36. The molecule has 1 aromatic carbocycles. The van der Waals surface area contributed by atoms with Gasteiger partial charge >= 0.3 is 0 Å². The van der Waals surface area contributed by atoms with Crippen LogP contribution in [-0.4, -0.2) is 33.7 Å². The minimum absolute atomic E-state index is 0.151. The maximum absolute atomic E-state index is 12.8. The Balaban J connectivity index is 1.78. The van der Waals surface area contributed by atoms with Crippen LogP contribution in [0.25, 0.3) is 0 Å². The Morgan fingerprint density at radius 1 is 1.38 bits per heavy atom. The van der Waals surface area contributed by atoms with Crippen molar-refractivity contribution in [3.63, 3.8) is 0 Å². The number of amides is 1. The van der Waals surface area contributed by atoms with Gasteiger partial charge in [0.25, 0.3) is 5.91 Å². The largest absolute Gasteiger partial charge is 0.338 e. The Labute approximate surface area is 152 Å². The van der Waals surface area contributed by atoms with Crippen LogP contribution >= 0.6 is 15.9 Å². The third-order valence-electron chi connectivity index (χ3n) is 4.74. The second kappa shape index (κ2) is 7.09. The predicted octanol–water partition coefficient (Wildman–Crippen LogP) is 4.18. The Kier molecular flexibility index (Phi) is 5.09. The normalized spacial score (nSPS) is 18.0. The number of hydrogen-bond acceptors (Lipinski definition) is 2. The topological polar surface area (TPSA) is 38.1 Å². The van der Waals surface area contributed by atoms with Gasteiger partial charge in [-0.1, -0.05) is 19.1 Å². The fraction of sp³-hybridized carbons (Fsp3) is 0.474. The second-order valence-electron chi connectivity index (χ2n) is 6.84. The zero-order chi connectivity index (χ0) is 17.3. The van der Waals surface area contributed by atoms with Crippen molar-refractivity contribution in [2.45, 2.75) is 40.2 Å². The molecule has 0 saturated carbocycles. The van der Waals surface area contributed by atoms with Gasteiger partial charge in [-0.05, 0) is 66.2 Å². The van der Waals surface area contributed by atoms with Gasteiger partial charge in [0.1, 0.15) is 0 Å². The molecule has 0 unspecified atom stereocenters. The summed E-state index contributed by atoms with van der Waals surface area (Å²) >= 11 is 3.56. The highest BCUT2D eigenvalue weighted by Crippen LogP contribution is 2.22. The molecule has 0 N–H and O–H groups in total. The highest BCUT2D eigenvalue weighted by Gasteiger charge is 2.22. The first-order chi connectivity index (χ1) is 11.5. The summed E-state index contributed by atoms with van der Waals surface area (Å²) in [5.41, 5.74) is 3.97. The summed E-state index contributed by atoms with van der Waals surface area (Å²) in [6, 6.07) is 7.95. The molecule has 0 radical (unpaired) electrons. The molecule has 1 amide bonds. The number of carbonyl (C=O) groups is 1. The van der Waals surface area contributed by atoms with E-state index < -0.39 is 0 Å². The molecule has 0 spiro atoms. The molecule has 1 fully saturated rings. The maximum Gasteiger partial charge on any atom is 0.253 e. The molecule has 5 heteroatoms. The molecule has 24 heavy (non-hydrogen) atoms. The lowest BCUT2D eigenvalue weighted by atomic mass is 9.99. The van der Waals surface area contributed by atoms with Crippen molar-refractivity contribution in [1.82, 2.24) is 14.7 Å². The lowest BCUT2D eigenvalue weighted by Gasteiger charge is -2.31. The molecule has 2 heterocycles. The number of rotatable bonds is 3. The van der Waals surface area contributed by atoms with E-state index >= 15 is 0 Å². The first kappa shape index (κ1) is 17.2. The number of benzene rings is 1. The zero-order valence-corrected chi connectivity index (χ0v) is 16.1. The van der Waals surface area contributed by atoms with Crippen LogP contribution in [0.5, 0.6) is 0 Å². The van der Waals surface area contributed by atoms with Crippen LogP contribution in [0.4, 0.5) is 0 Å². The average molecular weight is 390 g/mol. The SMILES string of the molecule is Cc1nn(Cc2cccc(C(=O)N3CCC[C@H](C)C3)c2)c(C)c1Br. The highest BCUT2D eigenvalue weighted by atomic mass is 79.9. The van der Waals surface area contributed by atoms with E-state index in [2.05, 4.69) is 34.0 Å². The van der Waals surface area contributed by atoms with Crippen LogP contribution in [0.3, 0.4) is 0 Å². The molecule has 2 aromatic rings. The summed E-state index contributed by atoms with van der Waals surface area (Å²) < 4.78 is 3.03. The molecule has 0 aliphatic carbocycles. The Bertz CT molecular complexity index is 753. The van der Waals surface area contributed by atoms with Crippen molar-refractivity contribution in [2.24, 2.45) is 5.92 Å². The number of halogens is 1. The third kappa shape index (κ3) is 3.56. The van der Waals surface area contributed by atoms with Crippen LogP contribution < -0.4 is 0 Å². The van der Waals surface area contributed by atoms with Crippen molar-refractivity contribution in [3.8, 4) is 0 Å². The summed E-state index contributed by atoms with van der Waals surface area (Å²) in [5, 5.41) is 4.55. The standard InChI is InChI=1S/C19H24BrN3O/c1-13-6-5-9-22(11-13)19(24)17-8-4-7-16(10-17)12-23-15(3)18(20)14(2)21-23/h4,7-8,10,13H,5-6,9,11-12H2,1-3H3/t13-/m0/s1. The monoisotopic (exact) mass is 389 g/mol.